The molecular weight excluding hydrogens is 358 g/mol. The fourth-order valence-corrected chi connectivity index (χ4v) is 2.57. The van der Waals surface area contributed by atoms with Crippen molar-refractivity contribution in [3.8, 4) is 0 Å². The molecule has 1 atom stereocenters. The molecule has 0 fully saturated rings. The standard InChI is InChI=1S/C20H43N5O3/c1-16(2)17(23-19(26)28-20(3,4)5)10-12-25(8)18(21-6)22-11-13-24(7)14-15-27-9/h16-17H,10-15H2,1-9H3,(H,21,22)(H,23,26). The molecule has 1 amide bonds. The predicted octanol–water partition coefficient (Wildman–Crippen LogP) is 2.01. The summed E-state index contributed by atoms with van der Waals surface area (Å²) in [5, 5.41) is 6.38. The number of amides is 1. The largest absolute Gasteiger partial charge is 0.444 e. The quantitative estimate of drug-likeness (QED) is 0.407. The fraction of sp³-hybridized carbons (Fsp3) is 0.900. The Bertz CT molecular complexity index is 463. The summed E-state index contributed by atoms with van der Waals surface area (Å²) in [6, 6.07) is 0.0376. The Morgan fingerprint density at radius 3 is 2.29 bits per heavy atom. The number of nitrogens with zero attached hydrogens (tertiary/aromatic N) is 3. The zero-order chi connectivity index (χ0) is 21.7. The van der Waals surface area contributed by atoms with E-state index in [0.717, 1.165) is 45.2 Å². The van der Waals surface area contributed by atoms with E-state index in [2.05, 4.69) is 46.3 Å². The Labute approximate surface area is 172 Å². The molecule has 0 saturated heterocycles. The number of hydrogen-bond acceptors (Lipinski definition) is 5. The van der Waals surface area contributed by atoms with Crippen molar-refractivity contribution in [2.24, 2.45) is 10.9 Å². The van der Waals surface area contributed by atoms with Crippen LogP contribution in [-0.4, -0.2) is 94.5 Å². The zero-order valence-corrected chi connectivity index (χ0v) is 19.5. The Hall–Kier alpha value is -1.54. The highest BCUT2D eigenvalue weighted by atomic mass is 16.6. The van der Waals surface area contributed by atoms with Crippen molar-refractivity contribution >= 4 is 12.1 Å². The molecule has 0 aromatic heterocycles. The van der Waals surface area contributed by atoms with Crippen molar-refractivity contribution in [3.05, 3.63) is 0 Å². The Morgan fingerprint density at radius 2 is 1.79 bits per heavy atom. The average molecular weight is 402 g/mol. The highest BCUT2D eigenvalue weighted by Gasteiger charge is 2.22. The third-order valence-corrected chi connectivity index (χ3v) is 4.31. The normalized spacial score (nSPS) is 13.6. The lowest BCUT2D eigenvalue weighted by Gasteiger charge is -2.28. The number of carbonyl (C=O) groups excluding carboxylic acids is 1. The first kappa shape index (κ1) is 26.5. The number of ether oxygens (including phenoxy) is 2. The summed E-state index contributed by atoms with van der Waals surface area (Å²) in [7, 11) is 7.58. The lowest BCUT2D eigenvalue weighted by atomic mass is 10.0. The number of guanidine groups is 1. The van der Waals surface area contributed by atoms with E-state index in [-0.39, 0.29) is 12.1 Å². The van der Waals surface area contributed by atoms with Crippen LogP contribution in [-0.2, 0) is 9.47 Å². The van der Waals surface area contributed by atoms with Crippen molar-refractivity contribution < 1.29 is 14.3 Å². The molecule has 28 heavy (non-hydrogen) atoms. The SMILES string of the molecule is CN=C(NCCN(C)CCOC)N(C)CCC(NC(=O)OC(C)(C)C)C(C)C. The van der Waals surface area contributed by atoms with Gasteiger partial charge in [0, 0.05) is 53.4 Å². The highest BCUT2D eigenvalue weighted by molar-refractivity contribution is 5.79. The van der Waals surface area contributed by atoms with E-state index in [9.17, 15) is 4.79 Å². The van der Waals surface area contributed by atoms with Gasteiger partial charge in [-0.05, 0) is 40.2 Å². The van der Waals surface area contributed by atoms with Crippen LogP contribution in [0, 0.1) is 5.92 Å². The lowest BCUT2D eigenvalue weighted by Crippen LogP contribution is -2.46. The monoisotopic (exact) mass is 401 g/mol. The molecule has 0 aromatic carbocycles. The molecule has 0 bridgehead atoms. The van der Waals surface area contributed by atoms with Crippen LogP contribution < -0.4 is 10.6 Å². The highest BCUT2D eigenvalue weighted by Crippen LogP contribution is 2.11. The van der Waals surface area contributed by atoms with E-state index in [4.69, 9.17) is 9.47 Å². The minimum Gasteiger partial charge on any atom is -0.444 e. The molecule has 8 heteroatoms. The minimum absolute atomic E-state index is 0.0376. The number of methoxy groups -OCH3 is 1. The molecule has 0 spiro atoms. The van der Waals surface area contributed by atoms with Gasteiger partial charge in [-0.1, -0.05) is 13.8 Å². The molecule has 0 aromatic rings. The van der Waals surface area contributed by atoms with E-state index in [1.54, 1.807) is 14.2 Å². The molecule has 8 nitrogen and oxygen atoms in total. The Morgan fingerprint density at radius 1 is 1.14 bits per heavy atom. The van der Waals surface area contributed by atoms with Gasteiger partial charge in [-0.15, -0.1) is 0 Å². The second-order valence-electron chi connectivity index (χ2n) is 8.48. The van der Waals surface area contributed by atoms with Crippen LogP contribution in [0.15, 0.2) is 4.99 Å². The van der Waals surface area contributed by atoms with Gasteiger partial charge in [-0.25, -0.2) is 4.79 Å². The van der Waals surface area contributed by atoms with E-state index in [1.165, 1.54) is 0 Å². The number of carbonyl (C=O) groups is 1. The first-order valence-electron chi connectivity index (χ1n) is 10.1. The number of aliphatic imine (C=N–C) groups is 1. The van der Waals surface area contributed by atoms with Crippen molar-refractivity contribution in [1.82, 2.24) is 20.4 Å². The maximum absolute atomic E-state index is 12.1. The molecule has 1 unspecified atom stereocenters. The molecule has 0 saturated carbocycles. The second-order valence-corrected chi connectivity index (χ2v) is 8.48. The fourth-order valence-electron chi connectivity index (χ4n) is 2.57. The first-order valence-corrected chi connectivity index (χ1v) is 10.1. The molecule has 0 radical (unpaired) electrons. The van der Waals surface area contributed by atoms with Crippen molar-refractivity contribution in [2.75, 3.05) is 61.0 Å². The number of hydrogen-bond donors (Lipinski definition) is 2. The average Bonchev–Trinajstić information content (AvgIpc) is 2.58. The van der Waals surface area contributed by atoms with Crippen LogP contribution in [0.25, 0.3) is 0 Å². The second kappa shape index (κ2) is 13.6. The molecular formula is C20H43N5O3. The van der Waals surface area contributed by atoms with Gasteiger partial charge in [-0.3, -0.25) is 4.99 Å². The molecule has 0 heterocycles. The number of alkyl carbamates (subject to hydrolysis) is 1. The van der Waals surface area contributed by atoms with Crippen LogP contribution >= 0.6 is 0 Å². The van der Waals surface area contributed by atoms with Crippen LogP contribution in [0.4, 0.5) is 4.79 Å². The van der Waals surface area contributed by atoms with Gasteiger partial charge in [0.25, 0.3) is 0 Å². The number of rotatable bonds is 11. The summed E-state index contributed by atoms with van der Waals surface area (Å²) >= 11 is 0. The zero-order valence-electron chi connectivity index (χ0n) is 19.5. The first-order chi connectivity index (χ1) is 13.0. The lowest BCUT2D eigenvalue weighted by molar-refractivity contribution is 0.0486. The van der Waals surface area contributed by atoms with Crippen LogP contribution in [0.2, 0.25) is 0 Å². The van der Waals surface area contributed by atoms with Gasteiger partial charge in [0.05, 0.1) is 6.61 Å². The van der Waals surface area contributed by atoms with Crippen LogP contribution in [0.1, 0.15) is 41.0 Å². The minimum atomic E-state index is -0.495. The van der Waals surface area contributed by atoms with Gasteiger partial charge in [0.2, 0.25) is 0 Å². The van der Waals surface area contributed by atoms with Gasteiger partial charge in [0.15, 0.2) is 5.96 Å². The van der Waals surface area contributed by atoms with E-state index in [1.807, 2.05) is 27.8 Å². The Balaban J connectivity index is 4.46. The van der Waals surface area contributed by atoms with Crippen molar-refractivity contribution in [2.45, 2.75) is 52.7 Å². The van der Waals surface area contributed by atoms with Crippen LogP contribution in [0.3, 0.4) is 0 Å². The van der Waals surface area contributed by atoms with Gasteiger partial charge in [-0.2, -0.15) is 0 Å². The summed E-state index contributed by atoms with van der Waals surface area (Å²) in [5.74, 6) is 1.16. The summed E-state index contributed by atoms with van der Waals surface area (Å²) in [4.78, 5) is 20.7. The third kappa shape index (κ3) is 12.8. The van der Waals surface area contributed by atoms with E-state index < -0.39 is 5.60 Å². The topological polar surface area (TPSA) is 78.4 Å². The number of nitrogens with one attached hydrogen (secondary N) is 2. The van der Waals surface area contributed by atoms with Gasteiger partial charge < -0.3 is 29.9 Å². The van der Waals surface area contributed by atoms with Crippen molar-refractivity contribution in [3.63, 3.8) is 0 Å². The van der Waals surface area contributed by atoms with Crippen molar-refractivity contribution in [1.29, 1.82) is 0 Å². The van der Waals surface area contributed by atoms with Gasteiger partial charge in [0.1, 0.15) is 5.60 Å². The molecule has 0 aliphatic rings. The molecule has 0 aliphatic carbocycles. The van der Waals surface area contributed by atoms with Gasteiger partial charge >= 0.3 is 6.09 Å². The molecule has 0 rings (SSSR count). The summed E-state index contributed by atoms with van der Waals surface area (Å²) in [6.45, 7) is 13.9. The van der Waals surface area contributed by atoms with E-state index in [0.29, 0.717) is 5.92 Å². The third-order valence-electron chi connectivity index (χ3n) is 4.31. The molecule has 0 aliphatic heterocycles. The Kier molecular flexibility index (Phi) is 12.9. The number of likely N-dealkylation sites (N-methyl/N-ethyl adjacent to an activating group) is 1. The molecule has 166 valence electrons. The summed E-state index contributed by atoms with van der Waals surface area (Å²) in [6.07, 6.45) is 0.442. The maximum Gasteiger partial charge on any atom is 0.407 e. The van der Waals surface area contributed by atoms with Crippen LogP contribution in [0.5, 0.6) is 0 Å². The summed E-state index contributed by atoms with van der Waals surface area (Å²) < 4.78 is 10.5. The summed E-state index contributed by atoms with van der Waals surface area (Å²) in [5.41, 5.74) is -0.495. The maximum atomic E-state index is 12.1. The molecule has 2 N–H and O–H groups in total. The predicted molar refractivity (Wildman–Crippen MR) is 116 cm³/mol. The smallest absolute Gasteiger partial charge is 0.407 e. The van der Waals surface area contributed by atoms with E-state index >= 15 is 0 Å².